The van der Waals surface area contributed by atoms with E-state index in [-0.39, 0.29) is 30.9 Å². The third kappa shape index (κ3) is 6.68. The van der Waals surface area contributed by atoms with Crippen LogP contribution < -0.4 is 20.1 Å². The van der Waals surface area contributed by atoms with Crippen LogP contribution in [0.2, 0.25) is 10.0 Å². The highest BCUT2D eigenvalue weighted by Crippen LogP contribution is 2.42. The summed E-state index contributed by atoms with van der Waals surface area (Å²) in [7, 11) is 3.09. The Morgan fingerprint density at radius 1 is 1.02 bits per heavy atom. The first-order valence-electron chi connectivity index (χ1n) is 15.0. The number of carboxylic acid groups (broad SMARTS) is 1. The van der Waals surface area contributed by atoms with Crippen molar-refractivity contribution in [2.24, 2.45) is 4.99 Å². The van der Waals surface area contributed by atoms with Gasteiger partial charge in [0, 0.05) is 59.6 Å². The highest BCUT2D eigenvalue weighted by Gasteiger charge is 2.26. The fourth-order valence-corrected chi connectivity index (χ4v) is 6.46. The number of hydrogen-bond donors (Lipinski definition) is 3. The molecule has 1 atom stereocenters. The van der Waals surface area contributed by atoms with E-state index < -0.39 is 6.09 Å². The molecular weight excluding hydrogens is 643 g/mol. The van der Waals surface area contributed by atoms with Crippen molar-refractivity contribution in [1.29, 1.82) is 0 Å². The van der Waals surface area contributed by atoms with Gasteiger partial charge >= 0.3 is 6.09 Å². The van der Waals surface area contributed by atoms with Gasteiger partial charge in [0.05, 0.1) is 54.3 Å². The van der Waals surface area contributed by atoms with E-state index >= 15 is 0 Å². The number of nitrogens with zero attached hydrogens (tertiary/aromatic N) is 4. The Balaban J connectivity index is 1.30. The number of methoxy groups -OCH3 is 2. The highest BCUT2D eigenvalue weighted by molar-refractivity contribution is 6.39. The maximum atomic E-state index is 12.0. The first-order chi connectivity index (χ1) is 22.8. The van der Waals surface area contributed by atoms with Gasteiger partial charge in [0.25, 0.3) is 0 Å². The van der Waals surface area contributed by atoms with E-state index in [1.807, 2.05) is 42.5 Å². The van der Waals surface area contributed by atoms with Crippen LogP contribution in [-0.4, -0.2) is 77.7 Å². The van der Waals surface area contributed by atoms with E-state index in [1.165, 1.54) is 12.0 Å². The highest BCUT2D eigenvalue weighted by atomic mass is 35.5. The van der Waals surface area contributed by atoms with Crippen molar-refractivity contribution in [3.8, 4) is 45.3 Å². The molecular formula is C34H32Cl2N6O5. The molecule has 242 valence electrons. The predicted molar refractivity (Wildman–Crippen MR) is 180 cm³/mol. The fourth-order valence-electron chi connectivity index (χ4n) is 5.82. The number of rotatable bonds is 10. The summed E-state index contributed by atoms with van der Waals surface area (Å²) in [6.45, 7) is 1.71. The molecule has 0 aliphatic carbocycles. The second kappa shape index (κ2) is 13.9. The third-order valence-electron chi connectivity index (χ3n) is 8.15. The summed E-state index contributed by atoms with van der Waals surface area (Å²) in [5, 5.41) is 16.8. The van der Waals surface area contributed by atoms with Crippen molar-refractivity contribution in [3.63, 3.8) is 0 Å². The molecule has 2 aromatic carbocycles. The SMILES string of the molecule is COc1cc(-c2nccc(-c3cccc(-c4ccc(CN(CC5CCC(=O)N5)C(=O)O)c(OC)n4)c3Cl)c2Cl)ccc1C1=NCCN1. The van der Waals surface area contributed by atoms with Crippen molar-refractivity contribution in [2.75, 3.05) is 33.9 Å². The van der Waals surface area contributed by atoms with Gasteiger partial charge in [0.1, 0.15) is 11.6 Å². The minimum absolute atomic E-state index is 0.0394. The van der Waals surface area contributed by atoms with Gasteiger partial charge < -0.3 is 30.1 Å². The number of aromatic nitrogens is 2. The maximum absolute atomic E-state index is 12.0. The Morgan fingerprint density at radius 3 is 2.53 bits per heavy atom. The number of carbonyl (C=O) groups is 2. The van der Waals surface area contributed by atoms with Gasteiger partial charge in [0.2, 0.25) is 11.8 Å². The molecule has 1 unspecified atom stereocenters. The first kappa shape index (κ1) is 32.1. The van der Waals surface area contributed by atoms with Crippen molar-refractivity contribution >= 4 is 41.0 Å². The number of pyridine rings is 2. The summed E-state index contributed by atoms with van der Waals surface area (Å²) in [6.07, 6.45) is 1.56. The molecule has 11 nitrogen and oxygen atoms in total. The van der Waals surface area contributed by atoms with Gasteiger partial charge in [0.15, 0.2) is 0 Å². The number of nitrogens with one attached hydrogen (secondary N) is 2. The Morgan fingerprint density at radius 2 is 1.83 bits per heavy atom. The Kier molecular flexibility index (Phi) is 9.46. The van der Waals surface area contributed by atoms with Gasteiger partial charge in [-0.15, -0.1) is 0 Å². The van der Waals surface area contributed by atoms with Crippen molar-refractivity contribution < 1.29 is 24.2 Å². The van der Waals surface area contributed by atoms with Gasteiger partial charge in [-0.2, -0.15) is 0 Å². The second-order valence-corrected chi connectivity index (χ2v) is 11.8. The number of ether oxygens (including phenoxy) is 2. The monoisotopic (exact) mass is 674 g/mol. The van der Waals surface area contributed by atoms with Crippen LogP contribution in [0.5, 0.6) is 11.6 Å². The van der Waals surface area contributed by atoms with E-state index in [9.17, 15) is 14.7 Å². The first-order valence-corrected chi connectivity index (χ1v) is 15.7. The lowest BCUT2D eigenvalue weighted by Crippen LogP contribution is -2.41. The molecule has 1 fully saturated rings. The van der Waals surface area contributed by atoms with Gasteiger partial charge in [-0.1, -0.05) is 47.5 Å². The van der Waals surface area contributed by atoms with Crippen LogP contribution in [0.15, 0.2) is 65.8 Å². The van der Waals surface area contributed by atoms with Crippen LogP contribution in [0, 0.1) is 0 Å². The van der Waals surface area contributed by atoms with Crippen LogP contribution >= 0.6 is 23.2 Å². The predicted octanol–water partition coefficient (Wildman–Crippen LogP) is 5.91. The lowest BCUT2D eigenvalue weighted by Gasteiger charge is -2.23. The maximum Gasteiger partial charge on any atom is 0.407 e. The molecule has 0 radical (unpaired) electrons. The van der Waals surface area contributed by atoms with Crippen molar-refractivity contribution in [1.82, 2.24) is 25.5 Å². The van der Waals surface area contributed by atoms with Crippen LogP contribution in [0.3, 0.4) is 0 Å². The molecule has 6 rings (SSSR count). The molecule has 4 heterocycles. The van der Waals surface area contributed by atoms with Crippen LogP contribution in [0.4, 0.5) is 4.79 Å². The normalized spacial score (nSPS) is 15.5. The molecule has 2 amide bonds. The van der Waals surface area contributed by atoms with E-state index in [0.29, 0.717) is 68.8 Å². The average molecular weight is 676 g/mol. The Hall–Kier alpha value is -4.87. The molecule has 3 N–H and O–H groups in total. The Labute approximate surface area is 281 Å². The lowest BCUT2D eigenvalue weighted by molar-refractivity contribution is -0.119. The van der Waals surface area contributed by atoms with Crippen molar-refractivity contribution in [3.05, 3.63) is 82.0 Å². The van der Waals surface area contributed by atoms with E-state index in [0.717, 1.165) is 23.5 Å². The molecule has 2 aliphatic heterocycles. The summed E-state index contributed by atoms with van der Waals surface area (Å²) < 4.78 is 11.3. The van der Waals surface area contributed by atoms with Gasteiger partial charge in [-0.05, 0) is 36.8 Å². The molecule has 0 bridgehead atoms. The zero-order chi connectivity index (χ0) is 33.1. The molecule has 13 heteroatoms. The number of aliphatic imine (C=N–C) groups is 1. The number of hydrogen-bond acceptors (Lipinski definition) is 8. The molecule has 0 spiro atoms. The number of amides is 2. The number of carbonyl (C=O) groups excluding carboxylic acids is 1. The molecule has 47 heavy (non-hydrogen) atoms. The summed E-state index contributed by atoms with van der Waals surface area (Å²) >= 11 is 14.0. The zero-order valence-corrected chi connectivity index (χ0v) is 27.2. The average Bonchev–Trinajstić information content (AvgIpc) is 3.77. The lowest BCUT2D eigenvalue weighted by atomic mass is 9.99. The van der Waals surface area contributed by atoms with Crippen LogP contribution in [0.25, 0.3) is 33.6 Å². The fraction of sp³-hybridized carbons (Fsp3) is 0.265. The van der Waals surface area contributed by atoms with Crippen molar-refractivity contribution in [2.45, 2.75) is 25.4 Å². The standard InChI is InChI=1S/C34H32Cl2N6O5/c1-46-27-16-19(6-9-25(27)32-38-14-15-39-32)31-30(36)23(12-13-37-31)22-4-3-5-24(29(22)35)26-10-7-20(33(41-26)47-2)17-42(34(44)45)18-21-8-11-28(43)40-21/h3-7,9-10,12-13,16,21H,8,11,14-15,17-18H2,1-2H3,(H,38,39)(H,40,43)(H,44,45). The Bertz CT molecular complexity index is 1880. The minimum Gasteiger partial charge on any atom is -0.496 e. The summed E-state index contributed by atoms with van der Waals surface area (Å²) in [5.41, 5.74) is 5.34. The quantitative estimate of drug-likeness (QED) is 0.189. The summed E-state index contributed by atoms with van der Waals surface area (Å²) in [6, 6.07) is 16.5. The smallest absolute Gasteiger partial charge is 0.407 e. The van der Waals surface area contributed by atoms with Gasteiger partial charge in [-0.25, -0.2) is 9.78 Å². The van der Waals surface area contributed by atoms with E-state index in [1.54, 1.807) is 25.4 Å². The number of amidine groups is 1. The van der Waals surface area contributed by atoms with Gasteiger partial charge in [-0.3, -0.25) is 14.8 Å². The number of benzene rings is 2. The molecule has 1 saturated heterocycles. The largest absolute Gasteiger partial charge is 0.496 e. The number of halogens is 2. The second-order valence-electron chi connectivity index (χ2n) is 11.1. The minimum atomic E-state index is -1.10. The van der Waals surface area contributed by atoms with E-state index in [2.05, 4.69) is 20.6 Å². The molecule has 2 aliphatic rings. The van der Waals surface area contributed by atoms with Crippen LogP contribution in [-0.2, 0) is 11.3 Å². The third-order valence-corrected chi connectivity index (χ3v) is 8.94. The zero-order valence-electron chi connectivity index (χ0n) is 25.7. The van der Waals surface area contributed by atoms with Crippen LogP contribution in [0.1, 0.15) is 24.0 Å². The topological polar surface area (TPSA) is 138 Å². The molecule has 0 saturated carbocycles. The summed E-state index contributed by atoms with van der Waals surface area (Å²) in [4.78, 5) is 38.7. The summed E-state index contributed by atoms with van der Waals surface area (Å²) in [5.74, 6) is 1.64. The van der Waals surface area contributed by atoms with E-state index in [4.69, 9.17) is 37.7 Å². The molecule has 2 aromatic heterocycles. The molecule has 4 aromatic rings.